The van der Waals surface area contributed by atoms with Crippen LogP contribution in [0.4, 0.5) is 52.7 Å². The monoisotopic (exact) mass is 861 g/mol. The molecule has 0 aliphatic rings. The van der Waals surface area contributed by atoms with Crippen LogP contribution in [-0.2, 0) is 42.1 Å². The number of alkyl halides is 12. The van der Waals surface area contributed by atoms with E-state index in [1.165, 1.54) is 13.8 Å². The summed E-state index contributed by atoms with van der Waals surface area (Å²) in [6.07, 6.45) is -7.45. The Labute approximate surface area is 323 Å². The summed E-state index contributed by atoms with van der Waals surface area (Å²) in [5, 5.41) is 42.4. The van der Waals surface area contributed by atoms with Gasteiger partial charge in [-0.3, -0.25) is 19.0 Å². The van der Waals surface area contributed by atoms with Crippen molar-refractivity contribution >= 4 is 17.9 Å². The van der Waals surface area contributed by atoms with Gasteiger partial charge >= 0.3 is 53.9 Å². The van der Waals surface area contributed by atoms with E-state index in [9.17, 15) is 82.4 Å². The Morgan fingerprint density at radius 2 is 1.29 bits per heavy atom. The number of aryl methyl sites for hydroxylation is 2. The van der Waals surface area contributed by atoms with Crippen LogP contribution in [0.5, 0.6) is 11.8 Å². The Balaban J connectivity index is 2.90. The van der Waals surface area contributed by atoms with Crippen molar-refractivity contribution in [2.75, 3.05) is 19.8 Å². The Kier molecular flexibility index (Phi) is 15.0. The number of benzene rings is 1. The lowest BCUT2D eigenvalue weighted by Gasteiger charge is -2.39. The summed E-state index contributed by atoms with van der Waals surface area (Å²) >= 11 is 0. The number of aromatic nitrogens is 1. The zero-order chi connectivity index (χ0) is 45.2. The number of hydrogen-bond acceptors (Lipinski definition) is 8. The molecule has 0 saturated carbocycles. The molecule has 0 fully saturated rings. The van der Waals surface area contributed by atoms with Gasteiger partial charge in [0.05, 0.1) is 29.0 Å². The average molecular weight is 862 g/mol. The number of rotatable bonds is 21. The fraction of sp³-hybridized carbons (Fsp3) is 0.639. The van der Waals surface area contributed by atoms with Crippen LogP contribution in [0.25, 0.3) is 5.69 Å². The van der Waals surface area contributed by atoms with Crippen LogP contribution in [-0.4, -0.2) is 98.8 Å². The topological polar surface area (TPSA) is 156 Å². The second-order valence-electron chi connectivity index (χ2n) is 14.1. The van der Waals surface area contributed by atoms with Crippen molar-refractivity contribution in [3.8, 4) is 17.4 Å². The maximum Gasteiger partial charge on any atom is 0.384 e. The number of carbonyl (C=O) groups is 3. The molecule has 1 aromatic carbocycles. The van der Waals surface area contributed by atoms with E-state index in [2.05, 4.69) is 4.74 Å². The number of halogens is 12. The summed E-state index contributed by atoms with van der Waals surface area (Å²) < 4.78 is 177. The zero-order valence-electron chi connectivity index (χ0n) is 31.9. The summed E-state index contributed by atoms with van der Waals surface area (Å²) in [4.78, 5) is 39.6. The van der Waals surface area contributed by atoms with Gasteiger partial charge in [0.1, 0.15) is 6.61 Å². The largest absolute Gasteiger partial charge is 0.494 e. The van der Waals surface area contributed by atoms with E-state index in [-0.39, 0.29) is 24.9 Å². The fourth-order valence-electron chi connectivity index (χ4n) is 6.47. The lowest BCUT2D eigenvalue weighted by molar-refractivity contribution is -0.414. The summed E-state index contributed by atoms with van der Waals surface area (Å²) in [7, 11) is 0. The lowest BCUT2D eigenvalue weighted by atomic mass is 9.69. The first kappa shape index (κ1) is 49.8. The van der Waals surface area contributed by atoms with Crippen molar-refractivity contribution in [1.29, 1.82) is 0 Å². The maximum atomic E-state index is 14.9. The average Bonchev–Trinajstić information content (AvgIpc) is 3.37. The third-order valence-electron chi connectivity index (χ3n) is 10.2. The highest BCUT2D eigenvalue weighted by molar-refractivity contribution is 5.86. The molecule has 0 bridgehead atoms. The Morgan fingerprint density at radius 3 is 1.72 bits per heavy atom. The number of ether oxygens (including phenoxy) is 2. The number of hydrogen-bond donors (Lipinski definition) is 4. The SMILES string of the molecule is CCc1cccc(CC)c1-n1c(O)c(C)c(C(C)(CC(CC(C)(CC)C(=O)OCCO)C(=O)O)C(=O)OCC(F)(F)C(F)(F)C(F)(F)C(F)(F)C(F)(F)C(F)F)c1O. The number of para-hydroxylation sites is 1. The highest BCUT2D eigenvalue weighted by atomic mass is 19.4. The van der Waals surface area contributed by atoms with E-state index < -0.39 is 126 Å². The molecule has 330 valence electrons. The number of nitrogens with zero attached hydrogens (tertiary/aromatic N) is 1. The molecule has 1 heterocycles. The maximum absolute atomic E-state index is 14.9. The molecule has 22 heteroatoms. The van der Waals surface area contributed by atoms with E-state index in [1.807, 2.05) is 0 Å². The van der Waals surface area contributed by atoms with Crippen molar-refractivity contribution in [3.05, 3.63) is 40.5 Å². The van der Waals surface area contributed by atoms with Crippen molar-refractivity contribution in [3.63, 3.8) is 0 Å². The minimum absolute atomic E-state index is 0.113. The van der Waals surface area contributed by atoms with Gasteiger partial charge in [0.2, 0.25) is 11.8 Å². The number of carboxylic acid groups (broad SMARTS) is 1. The number of aromatic hydroxyl groups is 2. The van der Waals surface area contributed by atoms with Crippen LogP contribution >= 0.6 is 0 Å². The second-order valence-corrected chi connectivity index (χ2v) is 14.1. The smallest absolute Gasteiger partial charge is 0.384 e. The van der Waals surface area contributed by atoms with Gasteiger partial charge in [0, 0.05) is 11.1 Å². The molecule has 3 unspecified atom stereocenters. The number of aliphatic carboxylic acids is 1. The molecular formula is C36H43F12NO9. The van der Waals surface area contributed by atoms with Gasteiger partial charge in [-0.05, 0) is 64.0 Å². The molecule has 1 aromatic heterocycles. The standard InChI is InChI=1S/C36H43F12NO9/c1-7-19-11-10-12-20(8-2)23(19)49-24(51)18(4)22(25(49)52)31(6,16-21(26(53)54)15-30(5,9-3)28(55)57-14-13-50)29(56)58-17-32(39,40)34(43,44)36(47,48)35(45,46)33(41,42)27(37)38/h10-12,21,27,50-52H,7-9,13-17H2,1-6H3,(H,53,54). The molecule has 0 aliphatic heterocycles. The molecule has 0 saturated heterocycles. The summed E-state index contributed by atoms with van der Waals surface area (Å²) in [6, 6.07) is 4.75. The molecule has 0 aliphatic carbocycles. The van der Waals surface area contributed by atoms with E-state index in [0.29, 0.717) is 18.1 Å². The van der Waals surface area contributed by atoms with E-state index in [1.54, 1.807) is 32.0 Å². The summed E-state index contributed by atoms with van der Waals surface area (Å²) in [5.74, 6) is -46.5. The molecule has 0 spiro atoms. The third kappa shape index (κ3) is 8.52. The lowest BCUT2D eigenvalue weighted by Crippen LogP contribution is -2.69. The van der Waals surface area contributed by atoms with Crippen molar-refractivity contribution in [1.82, 2.24) is 4.57 Å². The molecule has 0 radical (unpaired) electrons. The normalized spacial score (nSPS) is 15.8. The zero-order valence-corrected chi connectivity index (χ0v) is 31.9. The van der Waals surface area contributed by atoms with Crippen LogP contribution in [0.3, 0.4) is 0 Å². The van der Waals surface area contributed by atoms with Crippen LogP contribution < -0.4 is 0 Å². The highest BCUT2D eigenvalue weighted by Crippen LogP contribution is 2.58. The Hall–Kier alpha value is -4.37. The van der Waals surface area contributed by atoms with E-state index >= 15 is 0 Å². The fourth-order valence-corrected chi connectivity index (χ4v) is 6.47. The number of carbonyl (C=O) groups excluding carboxylic acids is 2. The predicted molar refractivity (Wildman–Crippen MR) is 178 cm³/mol. The first-order valence-corrected chi connectivity index (χ1v) is 17.5. The van der Waals surface area contributed by atoms with Gasteiger partial charge in [-0.2, -0.15) is 43.9 Å². The highest BCUT2D eigenvalue weighted by Gasteiger charge is 2.88. The van der Waals surface area contributed by atoms with Crippen molar-refractivity contribution in [2.45, 2.75) is 115 Å². The molecule has 2 aromatic rings. The van der Waals surface area contributed by atoms with Crippen LogP contribution in [0.2, 0.25) is 0 Å². The van der Waals surface area contributed by atoms with Gasteiger partial charge in [-0.15, -0.1) is 0 Å². The minimum atomic E-state index is -7.94. The molecule has 58 heavy (non-hydrogen) atoms. The summed E-state index contributed by atoms with van der Waals surface area (Å²) in [5.41, 5.74) is -4.99. The predicted octanol–water partition coefficient (Wildman–Crippen LogP) is 8.00. The van der Waals surface area contributed by atoms with Crippen molar-refractivity contribution in [2.24, 2.45) is 11.3 Å². The summed E-state index contributed by atoms with van der Waals surface area (Å²) in [6.45, 7) is 3.11. The van der Waals surface area contributed by atoms with Gasteiger partial charge in [-0.1, -0.05) is 39.0 Å². The quantitative estimate of drug-likeness (QED) is 0.0722. The molecule has 10 nitrogen and oxygen atoms in total. The molecule has 0 amide bonds. The number of aliphatic hydroxyl groups excluding tert-OH is 1. The van der Waals surface area contributed by atoms with Crippen LogP contribution in [0.1, 0.15) is 76.1 Å². The number of esters is 2. The van der Waals surface area contributed by atoms with Gasteiger partial charge < -0.3 is 29.9 Å². The first-order chi connectivity index (χ1) is 26.4. The van der Waals surface area contributed by atoms with Gasteiger partial charge in [0.25, 0.3) is 0 Å². The first-order valence-electron chi connectivity index (χ1n) is 17.5. The molecular weight excluding hydrogens is 818 g/mol. The van der Waals surface area contributed by atoms with Gasteiger partial charge in [-0.25, -0.2) is 8.78 Å². The van der Waals surface area contributed by atoms with Crippen molar-refractivity contribution < 1.29 is 97.0 Å². The van der Waals surface area contributed by atoms with Crippen LogP contribution in [0, 0.1) is 18.3 Å². The molecule has 4 N–H and O–H groups in total. The number of carboxylic acids is 1. The van der Waals surface area contributed by atoms with E-state index in [4.69, 9.17) is 9.84 Å². The Morgan fingerprint density at radius 1 is 0.776 bits per heavy atom. The van der Waals surface area contributed by atoms with Crippen LogP contribution in [0.15, 0.2) is 18.2 Å². The van der Waals surface area contributed by atoms with E-state index in [0.717, 1.165) is 11.5 Å². The molecule has 2 rings (SSSR count). The molecule has 3 atom stereocenters. The third-order valence-corrected chi connectivity index (χ3v) is 10.2. The second kappa shape index (κ2) is 17.5. The Bertz CT molecular complexity index is 1800. The minimum Gasteiger partial charge on any atom is -0.494 e. The van der Waals surface area contributed by atoms with Gasteiger partial charge in [0.15, 0.2) is 6.61 Å². The number of aliphatic hydroxyl groups is 1.